The molecule has 1 aromatic rings. The standard InChI is InChI=1S/C8H11NO5S/c9-5-8(14-15(11,12)13)6-2-1-3-7(10)4-6/h1-4,8,10H,5,9H2,(H,11,12,13). The predicted molar refractivity (Wildman–Crippen MR) is 52.5 cm³/mol. The second-order valence-corrected chi connectivity index (χ2v) is 3.89. The third-order valence-electron chi connectivity index (χ3n) is 1.69. The minimum Gasteiger partial charge on any atom is -0.508 e. The number of benzene rings is 1. The highest BCUT2D eigenvalue weighted by molar-refractivity contribution is 7.80. The molecule has 0 spiro atoms. The summed E-state index contributed by atoms with van der Waals surface area (Å²) in [6, 6.07) is 5.77. The zero-order chi connectivity index (χ0) is 11.5. The Bertz CT molecular complexity index is 430. The summed E-state index contributed by atoms with van der Waals surface area (Å²) >= 11 is 0. The maximum atomic E-state index is 10.5. The first-order valence-electron chi connectivity index (χ1n) is 4.07. The predicted octanol–water partition coefficient (Wildman–Crippen LogP) is 0.211. The molecule has 15 heavy (non-hydrogen) atoms. The van der Waals surface area contributed by atoms with Crippen molar-refractivity contribution in [2.45, 2.75) is 6.10 Å². The number of phenols is 1. The maximum absolute atomic E-state index is 10.5. The van der Waals surface area contributed by atoms with Crippen molar-refractivity contribution >= 4 is 10.4 Å². The zero-order valence-corrected chi connectivity index (χ0v) is 8.52. The fourth-order valence-corrected chi connectivity index (χ4v) is 1.59. The van der Waals surface area contributed by atoms with Crippen LogP contribution in [0.15, 0.2) is 24.3 Å². The molecular weight excluding hydrogens is 222 g/mol. The fraction of sp³-hybridized carbons (Fsp3) is 0.250. The van der Waals surface area contributed by atoms with E-state index in [2.05, 4.69) is 4.18 Å². The number of hydrogen-bond acceptors (Lipinski definition) is 5. The van der Waals surface area contributed by atoms with Gasteiger partial charge in [0.05, 0.1) is 0 Å². The van der Waals surface area contributed by atoms with E-state index in [4.69, 9.17) is 15.4 Å². The topological polar surface area (TPSA) is 110 Å². The van der Waals surface area contributed by atoms with E-state index in [1.807, 2.05) is 0 Å². The van der Waals surface area contributed by atoms with Crippen LogP contribution in [0.5, 0.6) is 5.75 Å². The van der Waals surface area contributed by atoms with Gasteiger partial charge in [-0.25, -0.2) is 4.18 Å². The second-order valence-electron chi connectivity index (χ2n) is 2.84. The van der Waals surface area contributed by atoms with Gasteiger partial charge in [-0.2, -0.15) is 8.42 Å². The summed E-state index contributed by atoms with van der Waals surface area (Å²) in [7, 11) is -4.56. The van der Waals surface area contributed by atoms with Crippen LogP contribution in [0.4, 0.5) is 0 Å². The van der Waals surface area contributed by atoms with Gasteiger partial charge < -0.3 is 10.8 Å². The summed E-state index contributed by atoms with van der Waals surface area (Å²) in [5, 5.41) is 9.15. The van der Waals surface area contributed by atoms with Crippen molar-refractivity contribution in [2.24, 2.45) is 5.73 Å². The van der Waals surface area contributed by atoms with Crippen LogP contribution in [0.2, 0.25) is 0 Å². The van der Waals surface area contributed by atoms with E-state index < -0.39 is 16.5 Å². The van der Waals surface area contributed by atoms with Crippen molar-refractivity contribution in [1.82, 2.24) is 0 Å². The minimum atomic E-state index is -4.56. The number of aromatic hydroxyl groups is 1. The largest absolute Gasteiger partial charge is 0.508 e. The molecule has 4 N–H and O–H groups in total. The normalized spacial score (nSPS) is 13.7. The molecule has 0 aliphatic heterocycles. The van der Waals surface area contributed by atoms with E-state index in [-0.39, 0.29) is 12.3 Å². The Morgan fingerprint density at radius 3 is 2.60 bits per heavy atom. The summed E-state index contributed by atoms with van der Waals surface area (Å²) in [5.41, 5.74) is 5.65. The molecule has 1 atom stereocenters. The molecule has 1 aromatic carbocycles. The zero-order valence-electron chi connectivity index (χ0n) is 7.70. The summed E-state index contributed by atoms with van der Waals surface area (Å²) in [6.07, 6.45) is -1.01. The first-order chi connectivity index (χ1) is 6.92. The van der Waals surface area contributed by atoms with E-state index in [1.165, 1.54) is 24.3 Å². The smallest absolute Gasteiger partial charge is 0.397 e. The van der Waals surface area contributed by atoms with Gasteiger partial charge in [0.15, 0.2) is 0 Å². The first-order valence-corrected chi connectivity index (χ1v) is 5.43. The molecule has 0 radical (unpaired) electrons. The minimum absolute atomic E-state index is 0.0371. The summed E-state index contributed by atoms with van der Waals surface area (Å²) in [6.45, 7) is -0.136. The Balaban J connectivity index is 2.93. The third kappa shape index (κ3) is 3.84. The maximum Gasteiger partial charge on any atom is 0.397 e. The lowest BCUT2D eigenvalue weighted by Gasteiger charge is -2.13. The van der Waals surface area contributed by atoms with E-state index in [1.54, 1.807) is 0 Å². The number of nitrogens with two attached hydrogens (primary N) is 1. The van der Waals surface area contributed by atoms with Crippen LogP contribution < -0.4 is 5.73 Å². The van der Waals surface area contributed by atoms with Crippen LogP contribution in [-0.4, -0.2) is 24.6 Å². The van der Waals surface area contributed by atoms with E-state index in [0.717, 1.165) is 0 Å². The third-order valence-corrected chi connectivity index (χ3v) is 2.17. The van der Waals surface area contributed by atoms with Crippen molar-refractivity contribution < 1.29 is 22.3 Å². The highest BCUT2D eigenvalue weighted by Crippen LogP contribution is 2.21. The molecule has 6 nitrogen and oxygen atoms in total. The van der Waals surface area contributed by atoms with Gasteiger partial charge in [-0.3, -0.25) is 4.55 Å². The molecule has 0 saturated carbocycles. The van der Waals surface area contributed by atoms with Gasteiger partial charge in [0.2, 0.25) is 0 Å². The van der Waals surface area contributed by atoms with Gasteiger partial charge in [-0.05, 0) is 17.7 Å². The summed E-state index contributed by atoms with van der Waals surface area (Å²) in [5.74, 6) is -0.0371. The van der Waals surface area contributed by atoms with E-state index in [9.17, 15) is 8.42 Å². The highest BCUT2D eigenvalue weighted by atomic mass is 32.3. The molecule has 0 aromatic heterocycles. The molecule has 0 amide bonds. The van der Waals surface area contributed by atoms with Crippen LogP contribution in [0.1, 0.15) is 11.7 Å². The van der Waals surface area contributed by atoms with Crippen molar-refractivity contribution in [3.63, 3.8) is 0 Å². The van der Waals surface area contributed by atoms with Crippen LogP contribution in [0.25, 0.3) is 0 Å². The van der Waals surface area contributed by atoms with Gasteiger partial charge in [-0.15, -0.1) is 0 Å². The summed E-state index contributed by atoms with van der Waals surface area (Å²) < 4.78 is 33.7. The summed E-state index contributed by atoms with van der Waals surface area (Å²) in [4.78, 5) is 0. The molecule has 0 fully saturated rings. The van der Waals surface area contributed by atoms with Gasteiger partial charge in [0, 0.05) is 6.54 Å². The van der Waals surface area contributed by atoms with Crippen molar-refractivity contribution in [3.8, 4) is 5.75 Å². The number of hydrogen-bond donors (Lipinski definition) is 3. The molecule has 7 heteroatoms. The lowest BCUT2D eigenvalue weighted by molar-refractivity contribution is 0.190. The highest BCUT2D eigenvalue weighted by Gasteiger charge is 2.17. The monoisotopic (exact) mass is 233 g/mol. The first kappa shape index (κ1) is 11.9. The second kappa shape index (κ2) is 4.58. The average molecular weight is 233 g/mol. The Hall–Kier alpha value is -1.15. The average Bonchev–Trinajstić information content (AvgIpc) is 2.13. The molecule has 84 valence electrons. The van der Waals surface area contributed by atoms with Crippen LogP contribution in [-0.2, 0) is 14.6 Å². The van der Waals surface area contributed by atoms with Gasteiger partial charge in [-0.1, -0.05) is 12.1 Å². The Labute approximate surface area is 87.2 Å². The van der Waals surface area contributed by atoms with Gasteiger partial charge >= 0.3 is 10.4 Å². The number of rotatable bonds is 4. The van der Waals surface area contributed by atoms with Gasteiger partial charge in [0.1, 0.15) is 11.9 Å². The lowest BCUT2D eigenvalue weighted by atomic mass is 10.1. The molecule has 0 bridgehead atoms. The fourth-order valence-electron chi connectivity index (χ4n) is 1.10. The van der Waals surface area contributed by atoms with Crippen LogP contribution >= 0.6 is 0 Å². The van der Waals surface area contributed by atoms with Crippen molar-refractivity contribution in [3.05, 3.63) is 29.8 Å². The molecule has 0 saturated heterocycles. The molecule has 1 unspecified atom stereocenters. The molecule has 1 rings (SSSR count). The van der Waals surface area contributed by atoms with E-state index in [0.29, 0.717) is 5.56 Å². The molecule has 0 aliphatic carbocycles. The SMILES string of the molecule is NCC(OS(=O)(=O)O)c1cccc(O)c1. The van der Waals surface area contributed by atoms with Crippen molar-refractivity contribution in [1.29, 1.82) is 0 Å². The van der Waals surface area contributed by atoms with Crippen molar-refractivity contribution in [2.75, 3.05) is 6.54 Å². The van der Waals surface area contributed by atoms with Crippen LogP contribution in [0, 0.1) is 0 Å². The van der Waals surface area contributed by atoms with Crippen LogP contribution in [0.3, 0.4) is 0 Å². The molecule has 0 heterocycles. The van der Waals surface area contributed by atoms with Gasteiger partial charge in [0.25, 0.3) is 0 Å². The Morgan fingerprint density at radius 2 is 2.13 bits per heavy atom. The Kier molecular flexibility index (Phi) is 3.64. The lowest BCUT2D eigenvalue weighted by Crippen LogP contribution is -2.19. The quantitative estimate of drug-likeness (QED) is 0.641. The van der Waals surface area contributed by atoms with E-state index >= 15 is 0 Å². The number of phenolic OH excluding ortho intramolecular Hbond substituents is 1. The molecular formula is C8H11NO5S. The molecule has 0 aliphatic rings. The Morgan fingerprint density at radius 1 is 1.47 bits per heavy atom.